The molecule has 0 bridgehead atoms. The Labute approximate surface area is 367 Å². The summed E-state index contributed by atoms with van der Waals surface area (Å²) in [6.07, 6.45) is 0.656. The fourth-order valence-electron chi connectivity index (χ4n) is 7.73. The summed E-state index contributed by atoms with van der Waals surface area (Å²) in [5.41, 5.74) is 4.76. The molecule has 2 aliphatic rings. The molecular weight excluding hydrogens is 827 g/mol. The molecule has 0 saturated carbocycles. The number of benzene rings is 4. The smallest absolute Gasteiger partial charge is 0.326 e. The summed E-state index contributed by atoms with van der Waals surface area (Å²) >= 11 is 0. The van der Waals surface area contributed by atoms with Gasteiger partial charge in [-0.05, 0) is 104 Å². The molecule has 6 amide bonds. The maximum Gasteiger partial charge on any atom is 0.326 e. The van der Waals surface area contributed by atoms with E-state index >= 15 is 0 Å². The quantitative estimate of drug-likeness (QED) is 0.0948. The zero-order valence-electron chi connectivity index (χ0n) is 35.7. The second-order valence-electron chi connectivity index (χ2n) is 16.2. The lowest BCUT2D eigenvalue weighted by Crippen LogP contribution is -2.52. The number of hydrogen-bond acceptors (Lipinski definition) is 8. The molecule has 17 heteroatoms. The summed E-state index contributed by atoms with van der Waals surface area (Å²) in [6, 6.07) is 23.4. The van der Waals surface area contributed by atoms with Crippen molar-refractivity contribution in [1.82, 2.24) is 19.8 Å². The van der Waals surface area contributed by atoms with Gasteiger partial charge in [0.1, 0.15) is 18.1 Å². The first-order valence-electron chi connectivity index (χ1n) is 20.8. The summed E-state index contributed by atoms with van der Waals surface area (Å²) in [5.74, 6) is -3.12. The molecule has 63 heavy (non-hydrogen) atoms. The summed E-state index contributed by atoms with van der Waals surface area (Å²) < 4.78 is 28.7. The van der Waals surface area contributed by atoms with Crippen molar-refractivity contribution in [1.29, 1.82) is 0 Å². The first-order chi connectivity index (χ1) is 30.0. The Bertz CT molecular complexity index is 2460. The molecule has 5 N–H and O–H groups in total. The van der Waals surface area contributed by atoms with Gasteiger partial charge in [-0.15, -0.1) is 0 Å². The van der Waals surface area contributed by atoms with Gasteiger partial charge in [-0.3, -0.25) is 19.2 Å². The maximum absolute atomic E-state index is 13.8. The number of likely N-dealkylation sites (N-methyl/N-ethyl adjacent to an activating group) is 1. The average molecular weight is 880 g/mol. The predicted molar refractivity (Wildman–Crippen MR) is 237 cm³/mol. The molecule has 6 rings (SSSR count). The molecule has 1 saturated heterocycles. The van der Waals surface area contributed by atoms with Crippen LogP contribution < -0.4 is 26.2 Å². The standard InChI is InChI=1S/C46H53N7O9S/c1-29(2)26-40(51(4)41(54)27-31-15-17-33(18-16-31)48-46(60)50-37-13-8-5-10-30(37)3)42(55)47-24-23-38(45(58)59)49-43(56)39-14-9-25-53(39)63(61,62)35-21-19-34(20-22-35)52-28-32-11-6-7-12-36(32)44(52)57/h5-8,10-13,15-22,29,38-40H,9,14,23-28H2,1-4H3,(H,47,55)(H,49,56)(H,58,59)(H2,48,50,60)/t38-,39-,40-/m0/s1. The first kappa shape index (κ1) is 45.9. The highest BCUT2D eigenvalue weighted by molar-refractivity contribution is 7.89. The summed E-state index contributed by atoms with van der Waals surface area (Å²) in [4.78, 5) is 81.1. The average Bonchev–Trinajstić information content (AvgIpc) is 3.89. The Kier molecular flexibility index (Phi) is 14.6. The van der Waals surface area contributed by atoms with E-state index in [9.17, 15) is 42.3 Å². The third-order valence-corrected chi connectivity index (χ3v) is 13.2. The number of carboxylic acid groups (broad SMARTS) is 1. The van der Waals surface area contributed by atoms with E-state index in [0.29, 0.717) is 47.6 Å². The number of para-hydroxylation sites is 1. The van der Waals surface area contributed by atoms with Crippen molar-refractivity contribution in [3.63, 3.8) is 0 Å². The normalized spacial score (nSPS) is 15.9. The SMILES string of the molecule is Cc1ccccc1NC(=O)Nc1ccc(CC(=O)N(C)[C@@H](CC(C)C)C(=O)NCC[C@H](NC(=O)[C@@H]2CCCN2S(=O)(=O)c2ccc(N3Cc4ccccc4C3=O)cc2)C(=O)O)cc1. The van der Waals surface area contributed by atoms with E-state index in [0.717, 1.165) is 15.4 Å². The number of carbonyl (C=O) groups excluding carboxylic acids is 5. The fourth-order valence-corrected chi connectivity index (χ4v) is 9.39. The molecule has 0 aliphatic carbocycles. The molecule has 2 heterocycles. The number of hydrogen-bond donors (Lipinski definition) is 5. The molecule has 2 aliphatic heterocycles. The molecule has 1 fully saturated rings. The number of amides is 6. The highest BCUT2D eigenvalue weighted by atomic mass is 32.2. The lowest BCUT2D eigenvalue weighted by molar-refractivity contribution is -0.142. The number of nitrogens with one attached hydrogen (secondary N) is 4. The van der Waals surface area contributed by atoms with Crippen LogP contribution in [0.1, 0.15) is 66.6 Å². The van der Waals surface area contributed by atoms with Gasteiger partial charge >= 0.3 is 12.0 Å². The second-order valence-corrected chi connectivity index (χ2v) is 18.1. The van der Waals surface area contributed by atoms with Gasteiger partial charge in [0.05, 0.1) is 17.9 Å². The van der Waals surface area contributed by atoms with E-state index < -0.39 is 52.0 Å². The van der Waals surface area contributed by atoms with E-state index in [1.54, 1.807) is 59.5 Å². The Hall–Kier alpha value is -6.59. The van der Waals surface area contributed by atoms with E-state index in [4.69, 9.17) is 0 Å². The van der Waals surface area contributed by atoms with Crippen LogP contribution in [0.15, 0.2) is 102 Å². The second kappa shape index (κ2) is 20.1. The minimum Gasteiger partial charge on any atom is -0.480 e. The first-order valence-corrected chi connectivity index (χ1v) is 22.3. The predicted octanol–water partition coefficient (Wildman–Crippen LogP) is 5.14. The van der Waals surface area contributed by atoms with Crippen LogP contribution in [0.5, 0.6) is 0 Å². The van der Waals surface area contributed by atoms with E-state index in [-0.39, 0.29) is 55.0 Å². The van der Waals surface area contributed by atoms with Gasteiger partial charge in [0.2, 0.25) is 27.7 Å². The Balaban J connectivity index is 1.01. The van der Waals surface area contributed by atoms with Crippen LogP contribution >= 0.6 is 0 Å². The maximum atomic E-state index is 13.8. The lowest BCUT2D eigenvalue weighted by Gasteiger charge is -2.29. The van der Waals surface area contributed by atoms with Crippen molar-refractivity contribution in [2.75, 3.05) is 35.7 Å². The fraction of sp³-hybridized carbons (Fsp3) is 0.348. The third kappa shape index (κ3) is 11.1. The van der Waals surface area contributed by atoms with Gasteiger partial charge in [-0.25, -0.2) is 18.0 Å². The van der Waals surface area contributed by atoms with Crippen molar-refractivity contribution >= 4 is 62.7 Å². The Morgan fingerprint density at radius 2 is 1.57 bits per heavy atom. The number of carbonyl (C=O) groups is 6. The van der Waals surface area contributed by atoms with Crippen LogP contribution in [0.3, 0.4) is 0 Å². The number of rotatable bonds is 17. The zero-order chi connectivity index (χ0) is 45.4. The number of carboxylic acids is 1. The monoisotopic (exact) mass is 879 g/mol. The number of aliphatic carboxylic acids is 1. The number of sulfonamides is 1. The summed E-state index contributed by atoms with van der Waals surface area (Å²) in [5, 5.41) is 20.8. The molecule has 332 valence electrons. The minimum absolute atomic E-state index is 0.0186. The Morgan fingerprint density at radius 1 is 0.889 bits per heavy atom. The number of nitrogens with zero attached hydrogens (tertiary/aromatic N) is 3. The van der Waals surface area contributed by atoms with Crippen molar-refractivity contribution in [2.24, 2.45) is 5.92 Å². The lowest BCUT2D eigenvalue weighted by atomic mass is 10.0. The van der Waals surface area contributed by atoms with Gasteiger partial charge in [0.15, 0.2) is 0 Å². The van der Waals surface area contributed by atoms with Crippen LogP contribution in [0.2, 0.25) is 0 Å². The molecule has 0 unspecified atom stereocenters. The van der Waals surface area contributed by atoms with Crippen molar-refractivity contribution in [3.8, 4) is 0 Å². The minimum atomic E-state index is -4.18. The molecule has 4 aromatic rings. The number of aryl methyl sites for hydroxylation is 1. The van der Waals surface area contributed by atoms with Gasteiger partial charge in [0, 0.05) is 42.8 Å². The van der Waals surface area contributed by atoms with E-state index in [2.05, 4.69) is 21.3 Å². The summed E-state index contributed by atoms with van der Waals surface area (Å²) in [6.45, 7) is 5.96. The van der Waals surface area contributed by atoms with Gasteiger partial charge < -0.3 is 36.2 Å². The molecule has 0 aromatic heterocycles. The van der Waals surface area contributed by atoms with Crippen LogP contribution in [-0.4, -0.2) is 96.6 Å². The van der Waals surface area contributed by atoms with E-state index in [1.165, 1.54) is 24.1 Å². The van der Waals surface area contributed by atoms with Crippen molar-refractivity contribution in [2.45, 2.75) is 82.4 Å². The molecule has 0 spiro atoms. The molecule has 0 radical (unpaired) electrons. The Morgan fingerprint density at radius 3 is 2.24 bits per heavy atom. The van der Waals surface area contributed by atoms with Crippen molar-refractivity contribution in [3.05, 3.63) is 119 Å². The molecular formula is C46H53N7O9S. The van der Waals surface area contributed by atoms with Crippen molar-refractivity contribution < 1.29 is 42.3 Å². The molecule has 3 atom stereocenters. The van der Waals surface area contributed by atoms with Gasteiger partial charge in [0.25, 0.3) is 5.91 Å². The highest BCUT2D eigenvalue weighted by Crippen LogP contribution is 2.31. The van der Waals surface area contributed by atoms with Crippen LogP contribution in [0, 0.1) is 12.8 Å². The third-order valence-electron chi connectivity index (χ3n) is 11.2. The van der Waals surface area contributed by atoms with Gasteiger partial charge in [-0.1, -0.05) is 62.4 Å². The number of urea groups is 1. The highest BCUT2D eigenvalue weighted by Gasteiger charge is 2.41. The van der Waals surface area contributed by atoms with Crippen LogP contribution in [0.4, 0.5) is 21.9 Å². The van der Waals surface area contributed by atoms with E-state index in [1.807, 2.05) is 51.1 Å². The molecule has 4 aromatic carbocycles. The van der Waals surface area contributed by atoms with Crippen LogP contribution in [-0.2, 0) is 42.2 Å². The number of anilines is 3. The molecule has 16 nitrogen and oxygen atoms in total. The number of fused-ring (bicyclic) bond motifs is 1. The zero-order valence-corrected chi connectivity index (χ0v) is 36.5. The largest absolute Gasteiger partial charge is 0.480 e. The topological polar surface area (TPSA) is 215 Å². The van der Waals surface area contributed by atoms with Crippen LogP contribution in [0.25, 0.3) is 0 Å². The van der Waals surface area contributed by atoms with Gasteiger partial charge in [-0.2, -0.15) is 4.31 Å². The summed E-state index contributed by atoms with van der Waals surface area (Å²) in [7, 11) is -2.65.